The van der Waals surface area contributed by atoms with Crippen LogP contribution >= 0.6 is 11.3 Å². The molecule has 0 atom stereocenters. The smallest absolute Gasteiger partial charge is 0.260 e. The van der Waals surface area contributed by atoms with Crippen LogP contribution in [0.15, 0.2) is 36.4 Å². The van der Waals surface area contributed by atoms with Gasteiger partial charge in [-0.3, -0.25) is 9.69 Å². The molecule has 1 amide bonds. The van der Waals surface area contributed by atoms with E-state index >= 15 is 0 Å². The Bertz CT molecular complexity index is 994. The first-order valence-corrected chi connectivity index (χ1v) is 11.4. The Labute approximate surface area is 183 Å². The zero-order chi connectivity index (χ0) is 21.7. The van der Waals surface area contributed by atoms with Gasteiger partial charge in [0.1, 0.15) is 5.75 Å². The van der Waals surface area contributed by atoms with Gasteiger partial charge in [-0.2, -0.15) is 0 Å². The molecule has 0 aliphatic carbocycles. The number of carbonyl (C=O) groups is 1. The fourth-order valence-electron chi connectivity index (χ4n) is 3.56. The molecular formula is C24H31N3O2S. The number of anilines is 1. The van der Waals surface area contributed by atoms with Crippen LogP contribution in [0.1, 0.15) is 42.3 Å². The number of nitrogens with zero attached hydrogens (tertiary/aromatic N) is 3. The number of hydrogen-bond acceptors (Lipinski definition) is 5. The molecule has 1 aromatic heterocycles. The van der Waals surface area contributed by atoms with E-state index in [1.165, 1.54) is 11.1 Å². The quantitative estimate of drug-likeness (QED) is 0.467. The van der Waals surface area contributed by atoms with Gasteiger partial charge in [0, 0.05) is 18.7 Å². The monoisotopic (exact) mass is 425 g/mol. The number of aryl methyl sites for hydroxylation is 2. The third-order valence-corrected chi connectivity index (χ3v) is 6.46. The predicted molar refractivity (Wildman–Crippen MR) is 126 cm³/mol. The maximum atomic E-state index is 13.5. The Morgan fingerprint density at radius 2 is 1.73 bits per heavy atom. The summed E-state index contributed by atoms with van der Waals surface area (Å²) in [5, 5.41) is 0.754. The number of rotatable bonds is 9. The molecule has 5 nitrogen and oxygen atoms in total. The molecule has 0 aliphatic rings. The minimum Gasteiger partial charge on any atom is -0.494 e. The predicted octanol–water partition coefficient (Wildman–Crippen LogP) is 5.30. The zero-order valence-corrected chi connectivity index (χ0v) is 19.4. The third-order valence-electron chi connectivity index (χ3n) is 5.23. The van der Waals surface area contributed by atoms with Crippen LogP contribution in [0.2, 0.25) is 0 Å². The third kappa shape index (κ3) is 4.99. The fourth-order valence-corrected chi connectivity index (χ4v) is 4.60. The number of fused-ring (bicyclic) bond motifs is 1. The molecule has 30 heavy (non-hydrogen) atoms. The van der Waals surface area contributed by atoms with E-state index in [0.717, 1.165) is 40.7 Å². The number of likely N-dealkylation sites (N-methyl/N-ethyl adjacent to an activating group) is 1. The van der Waals surface area contributed by atoms with Gasteiger partial charge < -0.3 is 9.64 Å². The van der Waals surface area contributed by atoms with E-state index in [1.807, 2.05) is 36.1 Å². The van der Waals surface area contributed by atoms with Crippen molar-refractivity contribution in [1.82, 2.24) is 9.88 Å². The summed E-state index contributed by atoms with van der Waals surface area (Å²) in [6, 6.07) is 11.6. The first-order valence-electron chi connectivity index (χ1n) is 10.6. The Morgan fingerprint density at radius 3 is 2.37 bits per heavy atom. The lowest BCUT2D eigenvalue weighted by Gasteiger charge is -2.24. The number of carbonyl (C=O) groups excluding carboxylic acids is 1. The van der Waals surface area contributed by atoms with Crippen molar-refractivity contribution in [3.63, 3.8) is 0 Å². The molecule has 1 heterocycles. The molecule has 0 saturated carbocycles. The summed E-state index contributed by atoms with van der Waals surface area (Å²) in [5.74, 6) is 0.744. The summed E-state index contributed by atoms with van der Waals surface area (Å²) in [4.78, 5) is 22.5. The number of amides is 1. The maximum absolute atomic E-state index is 13.5. The van der Waals surface area contributed by atoms with Crippen LogP contribution in [0.5, 0.6) is 5.75 Å². The fraction of sp³-hybridized carbons (Fsp3) is 0.417. The first kappa shape index (κ1) is 22.2. The van der Waals surface area contributed by atoms with Crippen LogP contribution < -0.4 is 9.64 Å². The highest BCUT2D eigenvalue weighted by Gasteiger charge is 2.22. The Morgan fingerprint density at radius 1 is 1.03 bits per heavy atom. The van der Waals surface area contributed by atoms with Crippen molar-refractivity contribution in [2.24, 2.45) is 0 Å². The highest BCUT2D eigenvalue weighted by Crippen LogP contribution is 2.33. The number of benzene rings is 2. The molecule has 160 valence electrons. The average molecular weight is 426 g/mol. The van der Waals surface area contributed by atoms with Gasteiger partial charge in [-0.15, -0.1) is 0 Å². The van der Waals surface area contributed by atoms with E-state index in [-0.39, 0.29) is 5.91 Å². The Balaban J connectivity index is 1.95. The molecule has 0 aliphatic heterocycles. The van der Waals surface area contributed by atoms with Gasteiger partial charge in [0.05, 0.1) is 16.8 Å². The molecule has 0 spiro atoms. The molecule has 2 aromatic carbocycles. The second-order valence-corrected chi connectivity index (χ2v) is 8.35. The van der Waals surface area contributed by atoms with Crippen LogP contribution in [0.4, 0.5) is 5.13 Å². The molecule has 3 aromatic rings. The molecular weight excluding hydrogens is 394 g/mol. The lowest BCUT2D eigenvalue weighted by Crippen LogP contribution is -2.38. The van der Waals surface area contributed by atoms with Crippen molar-refractivity contribution in [3.8, 4) is 5.75 Å². The van der Waals surface area contributed by atoms with Crippen LogP contribution in [-0.2, 0) is 0 Å². The van der Waals surface area contributed by atoms with Gasteiger partial charge in [0.2, 0.25) is 0 Å². The molecule has 0 fully saturated rings. The van der Waals surface area contributed by atoms with E-state index in [9.17, 15) is 4.79 Å². The van der Waals surface area contributed by atoms with Crippen molar-refractivity contribution in [3.05, 3.63) is 53.1 Å². The van der Waals surface area contributed by atoms with Crippen molar-refractivity contribution < 1.29 is 9.53 Å². The second kappa shape index (κ2) is 10.0. The molecule has 6 heteroatoms. The molecule has 3 rings (SSSR count). The summed E-state index contributed by atoms with van der Waals surface area (Å²) in [6.07, 6.45) is 0. The van der Waals surface area contributed by atoms with Crippen LogP contribution in [-0.4, -0.2) is 48.6 Å². The van der Waals surface area contributed by atoms with E-state index in [1.54, 1.807) is 11.3 Å². The topological polar surface area (TPSA) is 45.7 Å². The number of hydrogen-bond donors (Lipinski definition) is 0. The standard InChI is InChI=1S/C24H31N3O2S/c1-6-26(7-2)13-14-27(23(28)19-9-11-20(12-10-19)29-8-3)24-25-21-16-17(4)15-18(5)22(21)30-24/h9-12,15-16H,6-8,13-14H2,1-5H3. The summed E-state index contributed by atoms with van der Waals surface area (Å²) in [7, 11) is 0. The summed E-state index contributed by atoms with van der Waals surface area (Å²) in [6.45, 7) is 14.4. The van der Waals surface area contributed by atoms with Gasteiger partial charge in [-0.1, -0.05) is 31.3 Å². The zero-order valence-electron chi connectivity index (χ0n) is 18.6. The summed E-state index contributed by atoms with van der Waals surface area (Å²) >= 11 is 1.59. The SMILES string of the molecule is CCOc1ccc(C(=O)N(CCN(CC)CC)c2nc3cc(C)cc(C)c3s2)cc1. The molecule has 0 N–H and O–H groups in total. The Kier molecular flexibility index (Phi) is 7.45. The van der Waals surface area contributed by atoms with Crippen molar-refractivity contribution in [2.75, 3.05) is 37.7 Å². The van der Waals surface area contributed by atoms with Gasteiger partial charge in [-0.05, 0) is 75.3 Å². The van der Waals surface area contributed by atoms with Crippen molar-refractivity contribution >= 4 is 32.6 Å². The minimum atomic E-state index is -0.0290. The van der Waals surface area contributed by atoms with Gasteiger partial charge in [0.25, 0.3) is 5.91 Å². The van der Waals surface area contributed by atoms with Crippen LogP contribution in [0, 0.1) is 13.8 Å². The van der Waals surface area contributed by atoms with Crippen molar-refractivity contribution in [2.45, 2.75) is 34.6 Å². The molecule has 0 radical (unpaired) electrons. The lowest BCUT2D eigenvalue weighted by molar-refractivity contribution is 0.0983. The van der Waals surface area contributed by atoms with Gasteiger partial charge >= 0.3 is 0 Å². The van der Waals surface area contributed by atoms with E-state index in [2.05, 4.69) is 44.7 Å². The van der Waals surface area contributed by atoms with Crippen molar-refractivity contribution in [1.29, 1.82) is 0 Å². The molecule has 0 unspecified atom stereocenters. The lowest BCUT2D eigenvalue weighted by atomic mass is 10.1. The summed E-state index contributed by atoms with van der Waals surface area (Å²) < 4.78 is 6.66. The molecule has 0 bridgehead atoms. The van der Waals surface area contributed by atoms with Crippen LogP contribution in [0.25, 0.3) is 10.2 Å². The van der Waals surface area contributed by atoms with Gasteiger partial charge in [0.15, 0.2) is 5.13 Å². The maximum Gasteiger partial charge on any atom is 0.260 e. The normalized spacial score (nSPS) is 11.3. The highest BCUT2D eigenvalue weighted by molar-refractivity contribution is 7.22. The van der Waals surface area contributed by atoms with E-state index < -0.39 is 0 Å². The molecule has 0 saturated heterocycles. The second-order valence-electron chi connectivity index (χ2n) is 7.37. The number of ether oxygens (including phenoxy) is 1. The highest BCUT2D eigenvalue weighted by atomic mass is 32.1. The summed E-state index contributed by atoms with van der Waals surface area (Å²) in [5.41, 5.74) is 3.99. The number of aromatic nitrogens is 1. The average Bonchev–Trinajstić information content (AvgIpc) is 3.16. The largest absolute Gasteiger partial charge is 0.494 e. The van der Waals surface area contributed by atoms with Crippen LogP contribution in [0.3, 0.4) is 0 Å². The first-order chi connectivity index (χ1) is 14.5. The van der Waals surface area contributed by atoms with Gasteiger partial charge in [-0.25, -0.2) is 4.98 Å². The van der Waals surface area contributed by atoms with E-state index in [0.29, 0.717) is 18.7 Å². The minimum absolute atomic E-state index is 0.0290. The van der Waals surface area contributed by atoms with E-state index in [4.69, 9.17) is 9.72 Å². The Hall–Kier alpha value is -2.44. The number of thiazole rings is 1.